The van der Waals surface area contributed by atoms with Crippen LogP contribution >= 0.6 is 27.5 Å². The highest BCUT2D eigenvalue weighted by molar-refractivity contribution is 9.10. The Morgan fingerprint density at radius 1 is 1.50 bits per heavy atom. The summed E-state index contributed by atoms with van der Waals surface area (Å²) >= 11 is 9.31. The van der Waals surface area contributed by atoms with Crippen LogP contribution in [0.2, 0.25) is 5.02 Å². The van der Waals surface area contributed by atoms with Crippen molar-refractivity contribution in [1.82, 2.24) is 9.62 Å². The lowest BCUT2D eigenvalue weighted by atomic mass is 10.3. The Balaban J connectivity index is 2.39. The molecule has 0 amide bonds. The molecule has 1 aromatic carbocycles. The van der Waals surface area contributed by atoms with Crippen LogP contribution in [0.15, 0.2) is 27.6 Å². The summed E-state index contributed by atoms with van der Waals surface area (Å²) in [6.07, 6.45) is 0. The molecular formula is C11H14BrClN2O2S. The standard InChI is InChI=1S/C11H14BrClN2O2S/c1-8-7-15(6-5-14-8)18(16,17)10-4-2-3-9(12)11(10)13/h2-4,8,14H,5-7H2,1H3. The minimum absolute atomic E-state index is 0.152. The molecule has 100 valence electrons. The zero-order valence-electron chi connectivity index (χ0n) is 9.86. The van der Waals surface area contributed by atoms with Crippen molar-refractivity contribution in [3.63, 3.8) is 0 Å². The molecule has 4 nitrogen and oxygen atoms in total. The maximum atomic E-state index is 12.5. The van der Waals surface area contributed by atoms with Gasteiger partial charge in [0.05, 0.1) is 5.02 Å². The van der Waals surface area contributed by atoms with Gasteiger partial charge in [0.25, 0.3) is 0 Å². The lowest BCUT2D eigenvalue weighted by molar-refractivity contribution is 0.310. The van der Waals surface area contributed by atoms with Crippen molar-refractivity contribution in [2.45, 2.75) is 17.9 Å². The SMILES string of the molecule is CC1CN(S(=O)(=O)c2cccc(Br)c2Cl)CCN1. The fraction of sp³-hybridized carbons (Fsp3) is 0.455. The molecule has 1 aromatic rings. The summed E-state index contributed by atoms with van der Waals surface area (Å²) in [5, 5.41) is 3.45. The van der Waals surface area contributed by atoms with E-state index >= 15 is 0 Å². The first-order valence-electron chi connectivity index (χ1n) is 5.60. The van der Waals surface area contributed by atoms with E-state index < -0.39 is 10.0 Å². The van der Waals surface area contributed by atoms with Gasteiger partial charge in [-0.1, -0.05) is 17.7 Å². The molecule has 1 heterocycles. The molecule has 1 fully saturated rings. The van der Waals surface area contributed by atoms with Crippen LogP contribution in [0.3, 0.4) is 0 Å². The number of nitrogens with one attached hydrogen (secondary N) is 1. The quantitative estimate of drug-likeness (QED) is 0.885. The first-order chi connectivity index (χ1) is 8.43. The molecule has 1 saturated heterocycles. The Kier molecular flexibility index (Phi) is 4.33. The van der Waals surface area contributed by atoms with Gasteiger partial charge in [-0.25, -0.2) is 8.42 Å². The van der Waals surface area contributed by atoms with Crippen molar-refractivity contribution >= 4 is 37.6 Å². The Hall–Kier alpha value is -0.140. The second kappa shape index (κ2) is 5.46. The zero-order chi connectivity index (χ0) is 13.3. The van der Waals surface area contributed by atoms with Crippen LogP contribution in [0.25, 0.3) is 0 Å². The molecule has 0 saturated carbocycles. The van der Waals surface area contributed by atoms with Gasteiger partial charge in [0, 0.05) is 30.1 Å². The molecule has 1 unspecified atom stereocenters. The summed E-state index contributed by atoms with van der Waals surface area (Å²) in [6, 6.07) is 5.09. The lowest BCUT2D eigenvalue weighted by Crippen LogP contribution is -2.51. The Bertz CT molecular complexity index is 550. The number of halogens is 2. The summed E-state index contributed by atoms with van der Waals surface area (Å²) < 4.78 is 27.1. The summed E-state index contributed by atoms with van der Waals surface area (Å²) in [7, 11) is -3.52. The van der Waals surface area contributed by atoms with Gasteiger partial charge < -0.3 is 5.32 Å². The number of piperazine rings is 1. The molecular weight excluding hydrogens is 340 g/mol. The smallest absolute Gasteiger partial charge is 0.244 e. The average molecular weight is 354 g/mol. The van der Waals surface area contributed by atoms with Gasteiger partial charge in [0.15, 0.2) is 0 Å². The van der Waals surface area contributed by atoms with Gasteiger partial charge in [-0.2, -0.15) is 4.31 Å². The van der Waals surface area contributed by atoms with Crippen molar-refractivity contribution in [1.29, 1.82) is 0 Å². The molecule has 0 aromatic heterocycles. The maximum Gasteiger partial charge on any atom is 0.244 e. The van der Waals surface area contributed by atoms with Crippen LogP contribution in [-0.2, 0) is 10.0 Å². The molecule has 0 radical (unpaired) electrons. The molecule has 0 spiro atoms. The Morgan fingerprint density at radius 3 is 2.89 bits per heavy atom. The van der Waals surface area contributed by atoms with Crippen molar-refractivity contribution in [3.8, 4) is 0 Å². The van der Waals surface area contributed by atoms with E-state index in [1.807, 2.05) is 6.92 Å². The number of hydrogen-bond donors (Lipinski definition) is 1. The summed E-state index contributed by atoms with van der Waals surface area (Å²) in [6.45, 7) is 3.55. The second-order valence-corrected chi connectivity index (χ2v) is 7.41. The van der Waals surface area contributed by atoms with Gasteiger partial charge in [-0.05, 0) is 35.0 Å². The van der Waals surface area contributed by atoms with Gasteiger partial charge >= 0.3 is 0 Å². The molecule has 1 aliphatic heterocycles. The highest BCUT2D eigenvalue weighted by Gasteiger charge is 2.30. The van der Waals surface area contributed by atoms with Crippen LogP contribution in [0.5, 0.6) is 0 Å². The molecule has 1 aliphatic rings. The fourth-order valence-electron chi connectivity index (χ4n) is 1.94. The Labute approximate surface area is 120 Å². The summed E-state index contributed by atoms with van der Waals surface area (Å²) in [5.41, 5.74) is 0. The first-order valence-corrected chi connectivity index (χ1v) is 8.21. The predicted octanol–water partition coefficient (Wildman–Crippen LogP) is 2.08. The molecule has 1 N–H and O–H groups in total. The van der Waals surface area contributed by atoms with E-state index in [1.165, 1.54) is 10.4 Å². The fourth-order valence-corrected chi connectivity index (χ4v) is 4.47. The second-order valence-electron chi connectivity index (χ2n) is 4.27. The largest absolute Gasteiger partial charge is 0.312 e. The van der Waals surface area contributed by atoms with Crippen molar-refractivity contribution < 1.29 is 8.42 Å². The Morgan fingerprint density at radius 2 is 2.22 bits per heavy atom. The van der Waals surface area contributed by atoms with E-state index in [2.05, 4.69) is 21.2 Å². The summed E-state index contributed by atoms with van der Waals surface area (Å²) in [4.78, 5) is 0.160. The minimum Gasteiger partial charge on any atom is -0.312 e. The van der Waals surface area contributed by atoms with Crippen LogP contribution in [-0.4, -0.2) is 38.4 Å². The van der Waals surface area contributed by atoms with Crippen molar-refractivity contribution in [2.24, 2.45) is 0 Å². The van der Waals surface area contributed by atoms with Gasteiger partial charge in [0.1, 0.15) is 4.90 Å². The molecule has 1 atom stereocenters. The molecule has 0 aliphatic carbocycles. The van der Waals surface area contributed by atoms with E-state index in [0.717, 1.165) is 0 Å². The zero-order valence-corrected chi connectivity index (χ0v) is 13.0. The third kappa shape index (κ3) is 2.72. The van der Waals surface area contributed by atoms with Crippen molar-refractivity contribution in [3.05, 3.63) is 27.7 Å². The topological polar surface area (TPSA) is 49.4 Å². The van der Waals surface area contributed by atoms with Crippen LogP contribution in [0.4, 0.5) is 0 Å². The maximum absolute atomic E-state index is 12.5. The average Bonchev–Trinajstić information content (AvgIpc) is 2.32. The van der Waals surface area contributed by atoms with Gasteiger partial charge in [0.2, 0.25) is 10.0 Å². The molecule has 2 rings (SSSR count). The normalized spacial score (nSPS) is 22.1. The lowest BCUT2D eigenvalue weighted by Gasteiger charge is -2.31. The highest BCUT2D eigenvalue weighted by Crippen LogP contribution is 2.31. The molecule has 18 heavy (non-hydrogen) atoms. The van der Waals surface area contributed by atoms with E-state index in [4.69, 9.17) is 11.6 Å². The monoisotopic (exact) mass is 352 g/mol. The van der Waals surface area contributed by atoms with E-state index in [9.17, 15) is 8.42 Å². The third-order valence-corrected chi connectivity index (χ3v) is 6.18. The summed E-state index contributed by atoms with van der Waals surface area (Å²) in [5.74, 6) is 0. The van der Waals surface area contributed by atoms with Crippen LogP contribution in [0.1, 0.15) is 6.92 Å². The van der Waals surface area contributed by atoms with Crippen LogP contribution < -0.4 is 5.32 Å². The minimum atomic E-state index is -3.52. The predicted molar refractivity (Wildman–Crippen MR) is 75.4 cm³/mol. The van der Waals surface area contributed by atoms with E-state index in [-0.39, 0.29) is 16.0 Å². The molecule has 0 bridgehead atoms. The number of hydrogen-bond acceptors (Lipinski definition) is 3. The number of rotatable bonds is 2. The van der Waals surface area contributed by atoms with Gasteiger partial charge in [-0.3, -0.25) is 0 Å². The van der Waals surface area contributed by atoms with E-state index in [0.29, 0.717) is 24.1 Å². The van der Waals surface area contributed by atoms with Gasteiger partial charge in [-0.15, -0.1) is 0 Å². The molecule has 7 heteroatoms. The third-order valence-electron chi connectivity index (χ3n) is 2.87. The number of sulfonamides is 1. The highest BCUT2D eigenvalue weighted by atomic mass is 79.9. The van der Waals surface area contributed by atoms with Crippen molar-refractivity contribution in [2.75, 3.05) is 19.6 Å². The van der Waals surface area contributed by atoms with E-state index in [1.54, 1.807) is 12.1 Å². The number of nitrogens with zero attached hydrogens (tertiary/aromatic N) is 1. The number of benzene rings is 1. The van der Waals surface area contributed by atoms with Crippen LogP contribution in [0, 0.1) is 0 Å². The first kappa shape index (κ1) is 14.3.